The van der Waals surface area contributed by atoms with Gasteiger partial charge in [-0.25, -0.2) is 0 Å². The zero-order chi connectivity index (χ0) is 14.1. The molecule has 4 heteroatoms. The molecule has 0 N–H and O–H groups in total. The lowest BCUT2D eigenvalue weighted by Gasteiger charge is -2.29. The molecule has 0 bridgehead atoms. The van der Waals surface area contributed by atoms with Gasteiger partial charge in [0, 0.05) is 6.42 Å². The van der Waals surface area contributed by atoms with Crippen LogP contribution in [0.3, 0.4) is 0 Å². The highest BCUT2D eigenvalue weighted by Crippen LogP contribution is 2.20. The molecule has 0 aromatic heterocycles. The van der Waals surface area contributed by atoms with E-state index in [9.17, 15) is 4.79 Å². The molecule has 0 aromatic carbocycles. The number of ether oxygens (including phenoxy) is 2. The minimum absolute atomic E-state index is 0.0956. The van der Waals surface area contributed by atoms with Crippen LogP contribution in [0.25, 0.3) is 0 Å². The lowest BCUT2D eigenvalue weighted by Crippen LogP contribution is -2.31. The molecule has 0 saturated carbocycles. The van der Waals surface area contributed by atoms with E-state index < -0.39 is 0 Å². The summed E-state index contributed by atoms with van der Waals surface area (Å²) in [7, 11) is 0. The summed E-state index contributed by atoms with van der Waals surface area (Å²) in [5.74, 6) is 0.896. The molecule has 0 radical (unpaired) electrons. The third-order valence-electron chi connectivity index (χ3n) is 2.86. The zero-order valence-corrected chi connectivity index (χ0v) is 13.1. The van der Waals surface area contributed by atoms with Gasteiger partial charge in [0.2, 0.25) is 0 Å². The number of hydrogen-bond acceptors (Lipinski definition) is 4. The van der Waals surface area contributed by atoms with Crippen molar-refractivity contribution < 1.29 is 14.3 Å². The van der Waals surface area contributed by atoms with Crippen molar-refractivity contribution in [2.75, 3.05) is 19.0 Å². The summed E-state index contributed by atoms with van der Waals surface area (Å²) in [5, 5.41) is 0. The van der Waals surface area contributed by atoms with Gasteiger partial charge in [0.15, 0.2) is 0 Å². The predicted octanol–water partition coefficient (Wildman–Crippen LogP) is 3.27. The Bertz CT molecular complexity index is 227. The number of carbonyl (C=O) groups excluding carboxylic acids is 1. The minimum atomic E-state index is -0.233. The van der Waals surface area contributed by atoms with E-state index in [0.29, 0.717) is 19.6 Å². The van der Waals surface area contributed by atoms with E-state index in [1.54, 1.807) is 0 Å². The smallest absolute Gasteiger partial charge is 0.122 e. The molecule has 0 heterocycles. The van der Waals surface area contributed by atoms with Crippen LogP contribution < -0.4 is 0 Å². The lowest BCUT2D eigenvalue weighted by atomic mass is 10.0. The van der Waals surface area contributed by atoms with Crippen LogP contribution in [0.4, 0.5) is 0 Å². The van der Waals surface area contributed by atoms with Crippen molar-refractivity contribution in [2.24, 2.45) is 0 Å². The van der Waals surface area contributed by atoms with Gasteiger partial charge in [0.05, 0.1) is 24.4 Å². The Hall–Kier alpha value is -0.0600. The third kappa shape index (κ3) is 9.92. The molecule has 108 valence electrons. The monoisotopic (exact) mass is 276 g/mol. The Morgan fingerprint density at radius 1 is 1.00 bits per heavy atom. The molecular weight excluding hydrogens is 248 g/mol. The van der Waals surface area contributed by atoms with Gasteiger partial charge >= 0.3 is 0 Å². The molecule has 18 heavy (non-hydrogen) atoms. The Balaban J connectivity index is 3.82. The minimum Gasteiger partial charge on any atom is -0.375 e. The second kappa shape index (κ2) is 8.94. The van der Waals surface area contributed by atoms with Crippen molar-refractivity contribution in [1.82, 2.24) is 0 Å². The molecule has 0 amide bonds. The highest BCUT2D eigenvalue weighted by Gasteiger charge is 2.22. The average Bonchev–Trinajstić information content (AvgIpc) is 2.26. The summed E-state index contributed by atoms with van der Waals surface area (Å²) >= 11 is 4.21. The SMILES string of the molecule is CC(C)(CCCS)OCCC(C)(C)OCCC=O. The van der Waals surface area contributed by atoms with Crippen molar-refractivity contribution >= 4 is 18.9 Å². The van der Waals surface area contributed by atoms with Crippen LogP contribution >= 0.6 is 12.6 Å². The largest absolute Gasteiger partial charge is 0.375 e. The fraction of sp³-hybridized carbons (Fsp3) is 0.929. The Morgan fingerprint density at radius 3 is 2.11 bits per heavy atom. The molecule has 0 saturated heterocycles. The normalized spacial score (nSPS) is 12.7. The van der Waals surface area contributed by atoms with Crippen molar-refractivity contribution in [3.63, 3.8) is 0 Å². The van der Waals surface area contributed by atoms with Gasteiger partial charge in [-0.1, -0.05) is 0 Å². The maximum Gasteiger partial charge on any atom is 0.122 e. The quantitative estimate of drug-likeness (QED) is 0.357. The summed E-state index contributed by atoms with van der Waals surface area (Å²) in [4.78, 5) is 10.2. The summed E-state index contributed by atoms with van der Waals surface area (Å²) < 4.78 is 11.5. The molecule has 0 atom stereocenters. The first-order chi connectivity index (χ1) is 8.33. The first-order valence-corrected chi connectivity index (χ1v) is 7.29. The maximum atomic E-state index is 10.2. The number of hydrogen-bond donors (Lipinski definition) is 1. The Kier molecular flexibility index (Phi) is 8.91. The molecule has 0 fully saturated rings. The van der Waals surface area contributed by atoms with E-state index in [1.807, 2.05) is 13.8 Å². The second-order valence-corrected chi connectivity index (χ2v) is 6.20. The molecule has 0 spiro atoms. The van der Waals surface area contributed by atoms with Crippen molar-refractivity contribution in [3.8, 4) is 0 Å². The first-order valence-electron chi connectivity index (χ1n) is 6.65. The van der Waals surface area contributed by atoms with E-state index in [2.05, 4.69) is 26.5 Å². The van der Waals surface area contributed by atoms with Gasteiger partial charge < -0.3 is 14.3 Å². The van der Waals surface area contributed by atoms with E-state index in [0.717, 1.165) is 31.3 Å². The number of rotatable bonds is 11. The average molecular weight is 276 g/mol. The molecule has 0 aliphatic heterocycles. The highest BCUT2D eigenvalue weighted by molar-refractivity contribution is 7.80. The van der Waals surface area contributed by atoms with Crippen LogP contribution in [-0.4, -0.2) is 36.5 Å². The van der Waals surface area contributed by atoms with E-state index >= 15 is 0 Å². The molecule has 0 unspecified atom stereocenters. The van der Waals surface area contributed by atoms with Gasteiger partial charge in [0.1, 0.15) is 6.29 Å². The van der Waals surface area contributed by atoms with Crippen LogP contribution in [0.2, 0.25) is 0 Å². The van der Waals surface area contributed by atoms with E-state index in [1.165, 1.54) is 0 Å². The molecule has 0 aliphatic carbocycles. The number of thiol groups is 1. The first kappa shape index (κ1) is 17.9. The highest BCUT2D eigenvalue weighted by atomic mass is 32.1. The van der Waals surface area contributed by atoms with Crippen LogP contribution in [0.15, 0.2) is 0 Å². The fourth-order valence-corrected chi connectivity index (χ4v) is 1.76. The Morgan fingerprint density at radius 2 is 1.56 bits per heavy atom. The van der Waals surface area contributed by atoms with Crippen LogP contribution in [0.5, 0.6) is 0 Å². The molecule has 0 aromatic rings. The molecule has 3 nitrogen and oxygen atoms in total. The summed E-state index contributed by atoms with van der Waals surface area (Å²) in [5.41, 5.74) is -0.329. The van der Waals surface area contributed by atoms with Gasteiger partial charge in [0.25, 0.3) is 0 Å². The topological polar surface area (TPSA) is 35.5 Å². The van der Waals surface area contributed by atoms with Crippen molar-refractivity contribution in [2.45, 2.75) is 64.6 Å². The zero-order valence-electron chi connectivity index (χ0n) is 12.2. The number of carbonyl (C=O) groups is 1. The van der Waals surface area contributed by atoms with Gasteiger partial charge in [-0.3, -0.25) is 0 Å². The van der Waals surface area contributed by atoms with Crippen molar-refractivity contribution in [1.29, 1.82) is 0 Å². The van der Waals surface area contributed by atoms with Gasteiger partial charge in [-0.05, 0) is 52.7 Å². The van der Waals surface area contributed by atoms with Crippen molar-refractivity contribution in [3.05, 3.63) is 0 Å². The Labute approximate surface area is 117 Å². The van der Waals surface area contributed by atoms with Crippen LogP contribution in [0.1, 0.15) is 53.4 Å². The summed E-state index contributed by atoms with van der Waals surface area (Å²) in [6.45, 7) is 9.43. The van der Waals surface area contributed by atoms with Crippen LogP contribution in [-0.2, 0) is 14.3 Å². The van der Waals surface area contributed by atoms with Gasteiger partial charge in [-0.2, -0.15) is 12.6 Å². The van der Waals surface area contributed by atoms with E-state index in [4.69, 9.17) is 9.47 Å². The van der Waals surface area contributed by atoms with E-state index in [-0.39, 0.29) is 11.2 Å². The summed E-state index contributed by atoms with van der Waals surface area (Å²) in [6.07, 6.45) is 4.25. The fourth-order valence-electron chi connectivity index (χ4n) is 1.61. The van der Waals surface area contributed by atoms with Gasteiger partial charge in [-0.15, -0.1) is 0 Å². The molecule has 0 aliphatic rings. The maximum absolute atomic E-state index is 10.2. The third-order valence-corrected chi connectivity index (χ3v) is 3.18. The molecular formula is C14H28O3S. The van der Waals surface area contributed by atoms with Crippen LogP contribution in [0, 0.1) is 0 Å². The number of aldehydes is 1. The standard InChI is InChI=1S/C14H28O3S/c1-13(2,7-5-12-18)17-11-8-14(3,4)16-10-6-9-15/h9,18H,5-8,10-12H2,1-4H3. The lowest BCUT2D eigenvalue weighted by molar-refractivity contribution is -0.111. The molecule has 0 rings (SSSR count). The summed E-state index contributed by atoms with van der Waals surface area (Å²) in [6, 6.07) is 0. The predicted molar refractivity (Wildman–Crippen MR) is 78.4 cm³/mol. The second-order valence-electron chi connectivity index (χ2n) is 5.75.